The molecule has 29 heavy (non-hydrogen) atoms. The summed E-state index contributed by atoms with van der Waals surface area (Å²) in [7, 11) is -3.66. The maximum atomic E-state index is 13.3. The molecule has 0 spiro atoms. The Labute approximate surface area is 173 Å². The van der Waals surface area contributed by atoms with E-state index in [9.17, 15) is 13.2 Å². The van der Waals surface area contributed by atoms with E-state index in [1.54, 1.807) is 18.3 Å². The van der Waals surface area contributed by atoms with Crippen LogP contribution in [0.5, 0.6) is 0 Å². The monoisotopic (exact) mass is 418 g/mol. The first kappa shape index (κ1) is 21.7. The van der Waals surface area contributed by atoms with E-state index in [2.05, 4.69) is 10.3 Å². The Kier molecular flexibility index (Phi) is 5.98. The number of amides is 1. The molecule has 1 aromatic heterocycles. The Balaban J connectivity index is 1.75. The van der Waals surface area contributed by atoms with Crippen molar-refractivity contribution in [2.45, 2.75) is 51.1 Å². The predicted molar refractivity (Wildman–Crippen MR) is 114 cm³/mol. The van der Waals surface area contributed by atoms with Crippen LogP contribution >= 0.6 is 0 Å². The summed E-state index contributed by atoms with van der Waals surface area (Å²) in [6.07, 6.45) is 1.69. The van der Waals surface area contributed by atoms with Gasteiger partial charge in [-0.2, -0.15) is 4.31 Å². The standard InChI is InChI=1S/C21H30N4O3S/c1-15-13-17-7-6-8-18(19(17)22-14-15)29(27,28)25-11-9-24(10-12-25)16(2)20(26)23-21(3,4)5/h6-8,13-14,16H,9-12H2,1-5H3,(H,23,26). The van der Waals surface area contributed by atoms with Gasteiger partial charge in [0.25, 0.3) is 0 Å². The second-order valence-corrected chi connectivity index (χ2v) is 10.6. The molecule has 2 heterocycles. The highest BCUT2D eigenvalue weighted by Gasteiger charge is 2.33. The largest absolute Gasteiger partial charge is 0.350 e. The quantitative estimate of drug-likeness (QED) is 0.823. The number of carbonyl (C=O) groups is 1. The number of nitrogens with one attached hydrogen (secondary N) is 1. The molecule has 1 aliphatic heterocycles. The molecule has 1 saturated heterocycles. The molecule has 158 valence electrons. The second kappa shape index (κ2) is 8.01. The fraction of sp³-hybridized carbons (Fsp3) is 0.524. The average Bonchev–Trinajstić information content (AvgIpc) is 2.65. The molecule has 1 aliphatic rings. The Morgan fingerprint density at radius 3 is 2.45 bits per heavy atom. The summed E-state index contributed by atoms with van der Waals surface area (Å²) >= 11 is 0. The number of sulfonamides is 1. The molecule has 1 unspecified atom stereocenters. The van der Waals surface area contributed by atoms with E-state index in [4.69, 9.17) is 0 Å². The molecule has 1 amide bonds. The Hall–Kier alpha value is -2.03. The Bertz CT molecular complexity index is 1010. The lowest BCUT2D eigenvalue weighted by Gasteiger charge is -2.37. The number of aromatic nitrogens is 1. The summed E-state index contributed by atoms with van der Waals surface area (Å²) in [6, 6.07) is 6.88. The third kappa shape index (κ3) is 4.76. The van der Waals surface area contributed by atoms with Crippen LogP contribution in [0.3, 0.4) is 0 Å². The van der Waals surface area contributed by atoms with Crippen LogP contribution in [0.4, 0.5) is 0 Å². The maximum Gasteiger partial charge on any atom is 0.245 e. The number of aryl methyl sites for hydroxylation is 1. The first-order valence-corrected chi connectivity index (χ1v) is 11.3. The fourth-order valence-electron chi connectivity index (χ4n) is 3.56. The number of benzene rings is 1. The molecule has 3 rings (SSSR count). The van der Waals surface area contributed by atoms with Gasteiger partial charge in [-0.15, -0.1) is 0 Å². The van der Waals surface area contributed by atoms with Crippen LogP contribution in [0.15, 0.2) is 35.4 Å². The van der Waals surface area contributed by atoms with Gasteiger partial charge in [-0.3, -0.25) is 14.7 Å². The van der Waals surface area contributed by atoms with Crippen LogP contribution in [0.1, 0.15) is 33.3 Å². The van der Waals surface area contributed by atoms with Gasteiger partial charge in [0.1, 0.15) is 4.90 Å². The Morgan fingerprint density at radius 1 is 1.17 bits per heavy atom. The van der Waals surface area contributed by atoms with Crippen molar-refractivity contribution in [2.24, 2.45) is 0 Å². The molecular weight excluding hydrogens is 388 g/mol. The third-order valence-electron chi connectivity index (χ3n) is 5.13. The van der Waals surface area contributed by atoms with Crippen molar-refractivity contribution in [3.63, 3.8) is 0 Å². The van der Waals surface area contributed by atoms with Crippen molar-refractivity contribution in [1.82, 2.24) is 19.5 Å². The van der Waals surface area contributed by atoms with Gasteiger partial charge in [0, 0.05) is 43.3 Å². The number of hydrogen-bond acceptors (Lipinski definition) is 5. The number of fused-ring (bicyclic) bond motifs is 1. The first-order chi connectivity index (χ1) is 13.5. The van der Waals surface area contributed by atoms with Crippen molar-refractivity contribution in [3.8, 4) is 0 Å². The molecule has 8 heteroatoms. The summed E-state index contributed by atoms with van der Waals surface area (Å²) in [5, 5.41) is 3.80. The topological polar surface area (TPSA) is 82.6 Å². The van der Waals surface area contributed by atoms with Gasteiger partial charge < -0.3 is 5.32 Å². The zero-order valence-corrected chi connectivity index (χ0v) is 18.6. The van der Waals surface area contributed by atoms with E-state index >= 15 is 0 Å². The van der Waals surface area contributed by atoms with Crippen molar-refractivity contribution in [3.05, 3.63) is 36.0 Å². The van der Waals surface area contributed by atoms with Gasteiger partial charge in [-0.05, 0) is 52.3 Å². The van der Waals surface area contributed by atoms with E-state index in [0.717, 1.165) is 10.9 Å². The summed E-state index contributed by atoms with van der Waals surface area (Å²) in [5.41, 5.74) is 1.19. The molecule has 2 aromatic rings. The van der Waals surface area contributed by atoms with Crippen LogP contribution in [-0.4, -0.2) is 66.3 Å². The summed E-state index contributed by atoms with van der Waals surface area (Å²) < 4.78 is 28.0. The van der Waals surface area contributed by atoms with E-state index in [0.29, 0.717) is 31.7 Å². The second-order valence-electron chi connectivity index (χ2n) is 8.70. The number of carbonyl (C=O) groups excluding carboxylic acids is 1. The SMILES string of the molecule is Cc1cnc2c(S(=O)(=O)N3CCN(C(C)C(=O)NC(C)(C)C)CC3)cccc2c1. The number of piperazine rings is 1. The van der Waals surface area contributed by atoms with Gasteiger partial charge >= 0.3 is 0 Å². The molecule has 1 aromatic carbocycles. The Morgan fingerprint density at radius 2 is 1.83 bits per heavy atom. The molecular formula is C21H30N4O3S. The molecule has 0 saturated carbocycles. The predicted octanol–water partition coefficient (Wildman–Crippen LogP) is 2.15. The van der Waals surface area contributed by atoms with Crippen molar-refractivity contribution < 1.29 is 13.2 Å². The minimum atomic E-state index is -3.66. The van der Waals surface area contributed by atoms with E-state index < -0.39 is 10.0 Å². The minimum absolute atomic E-state index is 0.0394. The normalized spacial score (nSPS) is 18.0. The minimum Gasteiger partial charge on any atom is -0.350 e. The molecule has 1 fully saturated rings. The molecule has 1 N–H and O–H groups in total. The number of nitrogens with zero attached hydrogens (tertiary/aromatic N) is 3. The number of para-hydroxylation sites is 1. The van der Waals surface area contributed by atoms with Crippen molar-refractivity contribution in [2.75, 3.05) is 26.2 Å². The zero-order valence-electron chi connectivity index (χ0n) is 17.8. The van der Waals surface area contributed by atoms with E-state index in [-0.39, 0.29) is 22.4 Å². The lowest BCUT2D eigenvalue weighted by Crippen LogP contribution is -2.56. The highest BCUT2D eigenvalue weighted by atomic mass is 32.2. The van der Waals surface area contributed by atoms with Crippen LogP contribution in [0.25, 0.3) is 10.9 Å². The molecule has 0 radical (unpaired) electrons. The lowest BCUT2D eigenvalue weighted by molar-refractivity contribution is -0.127. The average molecular weight is 419 g/mol. The van der Waals surface area contributed by atoms with Gasteiger partial charge in [-0.25, -0.2) is 8.42 Å². The van der Waals surface area contributed by atoms with Crippen molar-refractivity contribution >= 4 is 26.8 Å². The molecule has 0 aliphatic carbocycles. The zero-order chi connectivity index (χ0) is 21.4. The van der Waals surface area contributed by atoms with Gasteiger partial charge in [0.05, 0.1) is 11.6 Å². The van der Waals surface area contributed by atoms with E-state index in [1.807, 2.05) is 51.7 Å². The summed E-state index contributed by atoms with van der Waals surface area (Å²) in [4.78, 5) is 19.1. The van der Waals surface area contributed by atoms with Crippen LogP contribution < -0.4 is 5.32 Å². The third-order valence-corrected chi connectivity index (χ3v) is 7.06. The molecule has 1 atom stereocenters. The van der Waals surface area contributed by atoms with Gasteiger partial charge in [0.2, 0.25) is 15.9 Å². The van der Waals surface area contributed by atoms with Crippen LogP contribution in [0, 0.1) is 6.92 Å². The fourth-order valence-corrected chi connectivity index (χ4v) is 5.15. The lowest BCUT2D eigenvalue weighted by atomic mass is 10.1. The smallest absolute Gasteiger partial charge is 0.245 e. The maximum absolute atomic E-state index is 13.3. The highest BCUT2D eigenvalue weighted by Crippen LogP contribution is 2.25. The molecule has 7 nitrogen and oxygen atoms in total. The highest BCUT2D eigenvalue weighted by molar-refractivity contribution is 7.89. The van der Waals surface area contributed by atoms with Gasteiger partial charge in [-0.1, -0.05) is 12.1 Å². The van der Waals surface area contributed by atoms with Crippen LogP contribution in [0.2, 0.25) is 0 Å². The summed E-state index contributed by atoms with van der Waals surface area (Å²) in [5.74, 6) is -0.0394. The van der Waals surface area contributed by atoms with Crippen molar-refractivity contribution in [1.29, 1.82) is 0 Å². The number of rotatable bonds is 4. The van der Waals surface area contributed by atoms with Crippen LogP contribution in [-0.2, 0) is 14.8 Å². The molecule has 0 bridgehead atoms. The van der Waals surface area contributed by atoms with E-state index in [1.165, 1.54) is 4.31 Å². The first-order valence-electron chi connectivity index (χ1n) is 9.91. The summed E-state index contributed by atoms with van der Waals surface area (Å²) in [6.45, 7) is 11.3. The number of pyridine rings is 1. The van der Waals surface area contributed by atoms with Gasteiger partial charge in [0.15, 0.2) is 0 Å². The number of hydrogen-bond donors (Lipinski definition) is 1.